The molecule has 0 bridgehead atoms. The fourth-order valence-corrected chi connectivity index (χ4v) is 1.05. The van der Waals surface area contributed by atoms with Gasteiger partial charge in [-0.3, -0.25) is 9.78 Å². The molecule has 0 aliphatic heterocycles. The van der Waals surface area contributed by atoms with Crippen LogP contribution in [0.2, 0.25) is 0 Å². The van der Waals surface area contributed by atoms with Crippen molar-refractivity contribution in [1.82, 2.24) is 15.3 Å². The van der Waals surface area contributed by atoms with Gasteiger partial charge >= 0.3 is 5.69 Å². The predicted molar refractivity (Wildman–Crippen MR) is 58.8 cm³/mol. The molecule has 5 nitrogen and oxygen atoms in total. The summed E-state index contributed by atoms with van der Waals surface area (Å²) in [6.07, 6.45) is 3.45. The van der Waals surface area contributed by atoms with Crippen molar-refractivity contribution < 1.29 is 0 Å². The number of rotatable bonds is 4. The van der Waals surface area contributed by atoms with E-state index >= 15 is 0 Å². The van der Waals surface area contributed by atoms with E-state index in [0.717, 1.165) is 0 Å². The Bertz CT molecular complexity index is 452. The fraction of sp³-hybridized carbons (Fsp3) is 0.400. The van der Waals surface area contributed by atoms with Gasteiger partial charge in [0.15, 0.2) is 0 Å². The quantitative estimate of drug-likeness (QED) is 0.487. The fourth-order valence-electron chi connectivity index (χ4n) is 1.05. The average molecular weight is 209 g/mol. The Morgan fingerprint density at radius 1 is 1.47 bits per heavy atom. The van der Waals surface area contributed by atoms with Gasteiger partial charge in [-0.2, -0.15) is 0 Å². The molecule has 0 saturated carbocycles. The van der Waals surface area contributed by atoms with Crippen LogP contribution in [0.4, 0.5) is 0 Å². The molecule has 3 N–H and O–H groups in total. The van der Waals surface area contributed by atoms with Crippen LogP contribution in [0.15, 0.2) is 27.4 Å². The molecule has 15 heavy (non-hydrogen) atoms. The zero-order chi connectivity index (χ0) is 11.3. The van der Waals surface area contributed by atoms with Gasteiger partial charge in [0.05, 0.1) is 0 Å². The Morgan fingerprint density at radius 2 is 2.20 bits per heavy atom. The number of aromatic amines is 2. The van der Waals surface area contributed by atoms with Crippen LogP contribution < -0.4 is 16.6 Å². The Morgan fingerprint density at radius 3 is 2.80 bits per heavy atom. The van der Waals surface area contributed by atoms with Crippen LogP contribution in [0.3, 0.4) is 0 Å². The van der Waals surface area contributed by atoms with Gasteiger partial charge in [-0.15, -0.1) is 0 Å². The highest BCUT2D eigenvalue weighted by Crippen LogP contribution is 1.87. The minimum absolute atomic E-state index is 0.344. The van der Waals surface area contributed by atoms with Gasteiger partial charge in [-0.1, -0.05) is 11.6 Å². The van der Waals surface area contributed by atoms with E-state index in [0.29, 0.717) is 18.7 Å². The lowest BCUT2D eigenvalue weighted by Gasteiger charge is -2.00. The van der Waals surface area contributed by atoms with E-state index in [9.17, 15) is 9.59 Å². The number of H-pyrrole nitrogens is 2. The molecular formula is C10H15N3O2. The first-order valence-corrected chi connectivity index (χ1v) is 4.74. The average Bonchev–Trinajstić information content (AvgIpc) is 2.14. The van der Waals surface area contributed by atoms with Crippen LogP contribution in [-0.4, -0.2) is 16.5 Å². The second-order valence-corrected chi connectivity index (χ2v) is 3.51. The van der Waals surface area contributed by atoms with E-state index in [-0.39, 0.29) is 5.56 Å². The van der Waals surface area contributed by atoms with Gasteiger partial charge in [0, 0.05) is 24.8 Å². The van der Waals surface area contributed by atoms with Gasteiger partial charge in [0.1, 0.15) is 0 Å². The van der Waals surface area contributed by atoms with Crippen molar-refractivity contribution in [2.45, 2.75) is 20.4 Å². The zero-order valence-corrected chi connectivity index (χ0v) is 8.89. The molecule has 0 unspecified atom stereocenters. The molecule has 0 amide bonds. The molecular weight excluding hydrogens is 194 g/mol. The highest BCUT2D eigenvalue weighted by atomic mass is 16.2. The largest absolute Gasteiger partial charge is 0.325 e. The maximum Gasteiger partial charge on any atom is 0.325 e. The van der Waals surface area contributed by atoms with Crippen LogP contribution in [0.1, 0.15) is 19.4 Å². The molecule has 0 atom stereocenters. The van der Waals surface area contributed by atoms with Gasteiger partial charge < -0.3 is 10.3 Å². The molecule has 0 aliphatic carbocycles. The summed E-state index contributed by atoms with van der Waals surface area (Å²) in [6, 6.07) is 0. The molecule has 0 saturated heterocycles. The first kappa shape index (κ1) is 11.5. The summed E-state index contributed by atoms with van der Waals surface area (Å²) in [5, 5.41) is 3.07. The number of nitrogens with one attached hydrogen (secondary N) is 3. The van der Waals surface area contributed by atoms with Crippen molar-refractivity contribution >= 4 is 0 Å². The number of hydrogen-bond acceptors (Lipinski definition) is 3. The van der Waals surface area contributed by atoms with Crippen molar-refractivity contribution in [3.05, 3.63) is 44.2 Å². The number of aromatic nitrogens is 2. The molecule has 0 aromatic carbocycles. The van der Waals surface area contributed by atoms with E-state index in [4.69, 9.17) is 0 Å². The first-order valence-electron chi connectivity index (χ1n) is 4.74. The summed E-state index contributed by atoms with van der Waals surface area (Å²) in [7, 11) is 0. The molecule has 0 fully saturated rings. The van der Waals surface area contributed by atoms with Crippen LogP contribution in [-0.2, 0) is 6.54 Å². The SMILES string of the molecule is CC(C)=CCNCc1c[nH]c(=O)[nH]c1=O. The summed E-state index contributed by atoms with van der Waals surface area (Å²) in [4.78, 5) is 26.5. The van der Waals surface area contributed by atoms with Crippen LogP contribution in [0.5, 0.6) is 0 Å². The Hall–Kier alpha value is -1.62. The van der Waals surface area contributed by atoms with Crippen molar-refractivity contribution in [1.29, 1.82) is 0 Å². The summed E-state index contributed by atoms with van der Waals surface area (Å²) < 4.78 is 0. The van der Waals surface area contributed by atoms with E-state index in [1.807, 2.05) is 19.9 Å². The number of hydrogen-bond donors (Lipinski definition) is 3. The van der Waals surface area contributed by atoms with E-state index < -0.39 is 5.69 Å². The monoisotopic (exact) mass is 209 g/mol. The highest BCUT2D eigenvalue weighted by Gasteiger charge is 1.97. The standard InChI is InChI=1S/C10H15N3O2/c1-7(2)3-4-11-5-8-6-12-10(15)13-9(8)14/h3,6,11H,4-5H2,1-2H3,(H2,12,13,14,15). The van der Waals surface area contributed by atoms with Gasteiger partial charge in [-0.25, -0.2) is 4.79 Å². The van der Waals surface area contributed by atoms with Crippen molar-refractivity contribution in [2.75, 3.05) is 6.54 Å². The van der Waals surface area contributed by atoms with Crippen LogP contribution in [0.25, 0.3) is 0 Å². The van der Waals surface area contributed by atoms with E-state index in [1.54, 1.807) is 0 Å². The molecule has 1 heterocycles. The van der Waals surface area contributed by atoms with Crippen molar-refractivity contribution in [3.8, 4) is 0 Å². The lowest BCUT2D eigenvalue weighted by molar-refractivity contribution is 0.740. The second-order valence-electron chi connectivity index (χ2n) is 3.51. The van der Waals surface area contributed by atoms with Gasteiger partial charge in [0.2, 0.25) is 0 Å². The van der Waals surface area contributed by atoms with Crippen LogP contribution >= 0.6 is 0 Å². The molecule has 0 spiro atoms. The highest BCUT2D eigenvalue weighted by molar-refractivity contribution is 5.03. The molecule has 1 aromatic heterocycles. The minimum atomic E-state index is -0.479. The van der Waals surface area contributed by atoms with Crippen molar-refractivity contribution in [3.63, 3.8) is 0 Å². The second kappa shape index (κ2) is 5.31. The van der Waals surface area contributed by atoms with Crippen molar-refractivity contribution in [2.24, 2.45) is 0 Å². The molecule has 82 valence electrons. The summed E-state index contributed by atoms with van der Waals surface area (Å²) in [6.45, 7) is 5.17. The smallest absolute Gasteiger partial charge is 0.314 e. The molecule has 1 rings (SSSR count). The summed E-state index contributed by atoms with van der Waals surface area (Å²) in [5.41, 5.74) is 0.922. The van der Waals surface area contributed by atoms with Gasteiger partial charge in [0.25, 0.3) is 5.56 Å². The molecule has 1 aromatic rings. The lowest BCUT2D eigenvalue weighted by Crippen LogP contribution is -2.27. The van der Waals surface area contributed by atoms with E-state index in [1.165, 1.54) is 11.8 Å². The Kier molecular flexibility index (Phi) is 4.05. The molecule has 0 aliphatic rings. The Labute approximate surface area is 87.2 Å². The van der Waals surface area contributed by atoms with Crippen LogP contribution in [0, 0.1) is 0 Å². The van der Waals surface area contributed by atoms with Gasteiger partial charge in [-0.05, 0) is 13.8 Å². The summed E-state index contributed by atoms with van der Waals surface area (Å²) in [5.74, 6) is 0. The molecule has 5 heteroatoms. The predicted octanol–water partition coefficient (Wildman–Crippen LogP) is 0.119. The third-order valence-electron chi connectivity index (χ3n) is 1.87. The zero-order valence-electron chi connectivity index (χ0n) is 8.89. The Balaban J connectivity index is 2.55. The lowest BCUT2D eigenvalue weighted by atomic mass is 10.3. The summed E-state index contributed by atoms with van der Waals surface area (Å²) >= 11 is 0. The normalized spacial score (nSPS) is 10.0. The maximum absolute atomic E-state index is 11.2. The first-order chi connectivity index (χ1) is 7.09. The third-order valence-corrected chi connectivity index (χ3v) is 1.87. The maximum atomic E-state index is 11.2. The number of allylic oxidation sites excluding steroid dienone is 1. The molecule has 0 radical (unpaired) electrons. The third kappa shape index (κ3) is 3.95. The topological polar surface area (TPSA) is 77.8 Å². The minimum Gasteiger partial charge on any atom is -0.314 e. The van der Waals surface area contributed by atoms with E-state index in [2.05, 4.69) is 15.3 Å².